The fourth-order valence-electron chi connectivity index (χ4n) is 3.91. The Kier molecular flexibility index (Phi) is 7.44. The second-order valence-corrected chi connectivity index (χ2v) is 7.84. The quantitative estimate of drug-likeness (QED) is 0.418. The van der Waals surface area contributed by atoms with Crippen LogP contribution in [0.4, 0.5) is 0 Å². The van der Waals surface area contributed by atoms with Gasteiger partial charge >= 0.3 is 0 Å². The highest BCUT2D eigenvalue weighted by Gasteiger charge is 2.29. The van der Waals surface area contributed by atoms with Crippen LogP contribution >= 0.6 is 22.6 Å². The average Bonchev–Trinajstić information content (AvgIpc) is 2.32. The van der Waals surface area contributed by atoms with Crippen LogP contribution in [0.15, 0.2) is 0 Å². The first-order valence-corrected chi connectivity index (χ1v) is 8.68. The Morgan fingerprint density at radius 2 is 1.29 bits per heavy atom. The minimum absolute atomic E-state index is 0. The first-order chi connectivity index (χ1) is 7.79. The van der Waals surface area contributed by atoms with Crippen molar-refractivity contribution in [2.75, 3.05) is 0 Å². The molecule has 2 fully saturated rings. The molecule has 0 spiro atoms. The Balaban J connectivity index is 0.00000144. The maximum absolute atomic E-state index is 2.65. The maximum atomic E-state index is 2.65. The van der Waals surface area contributed by atoms with E-state index in [-0.39, 0.29) is 7.43 Å². The van der Waals surface area contributed by atoms with Crippen LogP contribution in [0.5, 0.6) is 0 Å². The first-order valence-electron chi connectivity index (χ1n) is 7.43. The van der Waals surface area contributed by atoms with E-state index in [1.54, 1.807) is 25.7 Å². The number of rotatable bonds is 3. The first kappa shape index (κ1) is 15.8. The monoisotopic (exact) mass is 350 g/mol. The molecule has 102 valence electrons. The minimum atomic E-state index is 0. The van der Waals surface area contributed by atoms with Gasteiger partial charge in [0, 0.05) is 3.92 Å². The predicted molar refractivity (Wildman–Crippen MR) is 86.9 cm³/mol. The van der Waals surface area contributed by atoms with Crippen LogP contribution in [-0.4, -0.2) is 3.92 Å². The highest BCUT2D eigenvalue weighted by molar-refractivity contribution is 14.1. The highest BCUT2D eigenvalue weighted by Crippen LogP contribution is 2.41. The van der Waals surface area contributed by atoms with Crippen LogP contribution in [0, 0.1) is 17.8 Å². The second kappa shape index (κ2) is 8.01. The van der Waals surface area contributed by atoms with Gasteiger partial charge < -0.3 is 0 Å². The molecule has 0 atom stereocenters. The van der Waals surface area contributed by atoms with Crippen molar-refractivity contribution >= 4 is 22.6 Å². The molecule has 0 N–H and O–H groups in total. The van der Waals surface area contributed by atoms with Crippen molar-refractivity contribution in [3.8, 4) is 0 Å². The molecule has 2 saturated carbocycles. The van der Waals surface area contributed by atoms with Gasteiger partial charge in [-0.1, -0.05) is 62.6 Å². The summed E-state index contributed by atoms with van der Waals surface area (Å²) >= 11 is 2.65. The zero-order valence-electron chi connectivity index (χ0n) is 10.8. The second-order valence-electron chi connectivity index (χ2n) is 6.08. The number of alkyl halides is 1. The number of halogens is 1. The van der Waals surface area contributed by atoms with Crippen LogP contribution in [-0.2, 0) is 0 Å². The summed E-state index contributed by atoms with van der Waals surface area (Å²) in [5, 5.41) is 0. The molecule has 2 aliphatic carbocycles. The topological polar surface area (TPSA) is 0 Å². The molecule has 2 aliphatic rings. The van der Waals surface area contributed by atoms with Crippen LogP contribution in [0.25, 0.3) is 0 Å². The molecule has 0 aromatic carbocycles. The van der Waals surface area contributed by atoms with E-state index in [9.17, 15) is 0 Å². The lowest BCUT2D eigenvalue weighted by atomic mass is 9.70. The summed E-state index contributed by atoms with van der Waals surface area (Å²) < 4.78 is 0.991. The van der Waals surface area contributed by atoms with Gasteiger partial charge in [-0.05, 0) is 56.3 Å². The van der Waals surface area contributed by atoms with E-state index in [0.717, 1.165) is 21.7 Å². The normalized spacial score (nSPS) is 38.5. The Bertz CT molecular complexity index is 186. The van der Waals surface area contributed by atoms with E-state index < -0.39 is 0 Å². The van der Waals surface area contributed by atoms with Gasteiger partial charge in [0.15, 0.2) is 0 Å². The van der Waals surface area contributed by atoms with Crippen molar-refractivity contribution in [1.82, 2.24) is 0 Å². The molecule has 0 aromatic heterocycles. The molecular formula is C16H31I. The Morgan fingerprint density at radius 1 is 0.824 bits per heavy atom. The summed E-state index contributed by atoms with van der Waals surface area (Å²) in [5.41, 5.74) is 0. The van der Waals surface area contributed by atoms with Crippen molar-refractivity contribution in [2.24, 2.45) is 17.8 Å². The zero-order chi connectivity index (χ0) is 11.4. The molecule has 0 unspecified atom stereocenters. The summed E-state index contributed by atoms with van der Waals surface area (Å²) in [5.74, 6) is 3.30. The minimum Gasteiger partial charge on any atom is -0.0826 e. The molecule has 0 aliphatic heterocycles. The van der Waals surface area contributed by atoms with Crippen LogP contribution in [0.1, 0.15) is 78.6 Å². The molecule has 0 heterocycles. The van der Waals surface area contributed by atoms with Crippen molar-refractivity contribution in [2.45, 2.75) is 82.5 Å². The Morgan fingerprint density at radius 3 is 1.76 bits per heavy atom. The van der Waals surface area contributed by atoms with E-state index in [1.807, 2.05) is 0 Å². The van der Waals surface area contributed by atoms with E-state index in [4.69, 9.17) is 0 Å². The lowest BCUT2D eigenvalue weighted by molar-refractivity contribution is 0.166. The van der Waals surface area contributed by atoms with Crippen LogP contribution in [0.2, 0.25) is 0 Å². The molecule has 0 saturated heterocycles. The van der Waals surface area contributed by atoms with Gasteiger partial charge in [0.05, 0.1) is 0 Å². The van der Waals surface area contributed by atoms with Crippen molar-refractivity contribution in [3.05, 3.63) is 0 Å². The zero-order valence-corrected chi connectivity index (χ0v) is 12.9. The van der Waals surface area contributed by atoms with Crippen LogP contribution in [0.3, 0.4) is 0 Å². The fraction of sp³-hybridized carbons (Fsp3) is 1.00. The summed E-state index contributed by atoms with van der Waals surface area (Å²) in [4.78, 5) is 0. The maximum Gasteiger partial charge on any atom is 0.0110 e. The lowest BCUT2D eigenvalue weighted by Crippen LogP contribution is -2.25. The molecule has 0 nitrogen and oxygen atoms in total. The smallest absolute Gasteiger partial charge is 0.0110 e. The van der Waals surface area contributed by atoms with Gasteiger partial charge in [-0.3, -0.25) is 0 Å². The number of hydrogen-bond acceptors (Lipinski definition) is 0. The van der Waals surface area contributed by atoms with Crippen LogP contribution < -0.4 is 0 Å². The molecule has 0 bridgehead atoms. The highest BCUT2D eigenvalue weighted by atomic mass is 127. The third-order valence-electron chi connectivity index (χ3n) is 4.96. The van der Waals surface area contributed by atoms with E-state index in [2.05, 4.69) is 29.5 Å². The standard InChI is InChI=1S/C15H27I.CH4/c1-2-3-12-4-6-13(7-5-12)14-8-10-15(16)11-9-14;/h12-15H,2-11H2,1H3;1H4. The largest absolute Gasteiger partial charge is 0.0826 e. The Hall–Kier alpha value is 0.730. The molecular weight excluding hydrogens is 319 g/mol. The fourth-order valence-corrected chi connectivity index (χ4v) is 4.63. The van der Waals surface area contributed by atoms with Gasteiger partial charge in [0.2, 0.25) is 0 Å². The molecule has 0 radical (unpaired) electrons. The summed E-state index contributed by atoms with van der Waals surface area (Å²) in [6, 6.07) is 0. The van der Waals surface area contributed by atoms with Gasteiger partial charge in [-0.15, -0.1) is 0 Å². The third kappa shape index (κ3) is 4.72. The van der Waals surface area contributed by atoms with Gasteiger partial charge in [-0.2, -0.15) is 0 Å². The summed E-state index contributed by atoms with van der Waals surface area (Å²) in [6.45, 7) is 2.34. The molecule has 2 rings (SSSR count). The molecule has 0 amide bonds. The molecule has 0 aromatic rings. The van der Waals surface area contributed by atoms with E-state index in [0.29, 0.717) is 0 Å². The predicted octanol–water partition coefficient (Wildman–Crippen LogP) is 6.22. The SMILES string of the molecule is C.CCCC1CCC(C2CCC(I)CC2)CC1. The molecule has 1 heteroatoms. The van der Waals surface area contributed by atoms with Crippen molar-refractivity contribution in [3.63, 3.8) is 0 Å². The van der Waals surface area contributed by atoms with Crippen molar-refractivity contribution < 1.29 is 0 Å². The van der Waals surface area contributed by atoms with Gasteiger partial charge in [0.1, 0.15) is 0 Å². The average molecular weight is 350 g/mol. The summed E-state index contributed by atoms with van der Waals surface area (Å²) in [6.07, 6.45) is 15.2. The Labute approximate surface area is 122 Å². The van der Waals surface area contributed by atoms with Gasteiger partial charge in [-0.25, -0.2) is 0 Å². The van der Waals surface area contributed by atoms with E-state index in [1.165, 1.54) is 38.5 Å². The number of hydrogen-bond donors (Lipinski definition) is 0. The molecule has 17 heavy (non-hydrogen) atoms. The van der Waals surface area contributed by atoms with Crippen molar-refractivity contribution in [1.29, 1.82) is 0 Å². The lowest BCUT2D eigenvalue weighted by Gasteiger charge is -2.37. The summed E-state index contributed by atoms with van der Waals surface area (Å²) in [7, 11) is 0. The third-order valence-corrected chi connectivity index (χ3v) is 6.20. The van der Waals surface area contributed by atoms with E-state index >= 15 is 0 Å². The van der Waals surface area contributed by atoms with Gasteiger partial charge in [0.25, 0.3) is 0 Å².